The van der Waals surface area contributed by atoms with Gasteiger partial charge in [-0.25, -0.2) is 4.79 Å². The highest BCUT2D eigenvalue weighted by atomic mass is 35.5. The maximum Gasteiger partial charge on any atom is 0.325 e. The van der Waals surface area contributed by atoms with Gasteiger partial charge in [0.15, 0.2) is 5.54 Å². The van der Waals surface area contributed by atoms with Crippen molar-refractivity contribution in [3.05, 3.63) is 70.7 Å². The summed E-state index contributed by atoms with van der Waals surface area (Å²) in [6.07, 6.45) is 0. The zero-order valence-electron chi connectivity index (χ0n) is 11.3. The van der Waals surface area contributed by atoms with E-state index in [1.165, 1.54) is 7.05 Å². The number of nitrogens with one attached hydrogen (secondary N) is 1. The molecule has 2 aromatic rings. The first-order chi connectivity index (χ1) is 10.1. The summed E-state index contributed by atoms with van der Waals surface area (Å²) in [6, 6.07) is 15.7. The van der Waals surface area contributed by atoms with Crippen LogP contribution in [0.4, 0.5) is 4.79 Å². The highest BCUT2D eigenvalue weighted by Crippen LogP contribution is 2.35. The van der Waals surface area contributed by atoms with Crippen LogP contribution in [0.1, 0.15) is 11.1 Å². The Morgan fingerprint density at radius 2 is 1.52 bits per heavy atom. The van der Waals surface area contributed by atoms with Gasteiger partial charge < -0.3 is 5.32 Å². The Labute approximate surface area is 127 Å². The summed E-state index contributed by atoms with van der Waals surface area (Å²) in [5.74, 6) is -0.305. The van der Waals surface area contributed by atoms with Gasteiger partial charge in [-0.1, -0.05) is 54.1 Å². The van der Waals surface area contributed by atoms with E-state index in [0.717, 1.165) is 10.5 Å². The number of amides is 3. The summed E-state index contributed by atoms with van der Waals surface area (Å²) in [5.41, 5.74) is 0.202. The maximum atomic E-state index is 12.7. The van der Waals surface area contributed by atoms with E-state index in [4.69, 9.17) is 11.6 Å². The lowest BCUT2D eigenvalue weighted by Gasteiger charge is -2.27. The summed E-state index contributed by atoms with van der Waals surface area (Å²) < 4.78 is 0. The average molecular weight is 301 g/mol. The monoisotopic (exact) mass is 300 g/mol. The van der Waals surface area contributed by atoms with Gasteiger partial charge >= 0.3 is 6.03 Å². The zero-order chi connectivity index (χ0) is 15.0. The van der Waals surface area contributed by atoms with Crippen molar-refractivity contribution in [2.75, 3.05) is 7.05 Å². The molecular weight excluding hydrogens is 288 g/mol. The van der Waals surface area contributed by atoms with Crippen LogP contribution in [0.5, 0.6) is 0 Å². The Bertz CT molecular complexity index is 700. The summed E-state index contributed by atoms with van der Waals surface area (Å²) in [6.45, 7) is 0. The van der Waals surface area contributed by atoms with Crippen LogP contribution in [-0.4, -0.2) is 23.9 Å². The molecule has 1 N–H and O–H groups in total. The lowest BCUT2D eigenvalue weighted by Crippen LogP contribution is -2.44. The fourth-order valence-corrected chi connectivity index (χ4v) is 2.71. The predicted octanol–water partition coefficient (Wildman–Crippen LogP) is 2.77. The molecule has 0 bridgehead atoms. The third-order valence-electron chi connectivity index (χ3n) is 3.71. The highest BCUT2D eigenvalue weighted by Gasteiger charge is 2.52. The van der Waals surface area contributed by atoms with Gasteiger partial charge in [-0.3, -0.25) is 9.69 Å². The second-order valence-electron chi connectivity index (χ2n) is 4.92. The third-order valence-corrected chi connectivity index (χ3v) is 3.96. The van der Waals surface area contributed by atoms with Crippen molar-refractivity contribution in [3.63, 3.8) is 0 Å². The molecule has 0 unspecified atom stereocenters. The van der Waals surface area contributed by atoms with E-state index < -0.39 is 11.6 Å². The van der Waals surface area contributed by atoms with Crippen molar-refractivity contribution in [3.8, 4) is 0 Å². The van der Waals surface area contributed by atoms with Crippen molar-refractivity contribution >= 4 is 23.5 Å². The minimum Gasteiger partial charge on any atom is -0.316 e. The number of carbonyl (C=O) groups is 2. The molecule has 0 aliphatic carbocycles. The molecule has 2 aromatic carbocycles. The SMILES string of the molecule is CN1C(=O)N[C@](c2ccccc2)(c2ccc(Cl)cc2)C1=O. The molecule has 1 aliphatic heterocycles. The molecule has 1 saturated heterocycles. The van der Waals surface area contributed by atoms with Gasteiger partial charge in [0.2, 0.25) is 0 Å². The Morgan fingerprint density at radius 3 is 2.05 bits per heavy atom. The number of hydrogen-bond acceptors (Lipinski definition) is 2. The lowest BCUT2D eigenvalue weighted by molar-refractivity contribution is -0.129. The topological polar surface area (TPSA) is 49.4 Å². The standard InChI is InChI=1S/C16H13ClN2O2/c1-19-14(20)16(18-15(19)21,11-5-3-2-4-6-11)12-7-9-13(17)10-8-12/h2-10H,1H3,(H,18,21)/t16-/m1/s1. The first-order valence-corrected chi connectivity index (χ1v) is 6.85. The van der Waals surface area contributed by atoms with Crippen LogP contribution in [0.15, 0.2) is 54.6 Å². The van der Waals surface area contributed by atoms with E-state index in [2.05, 4.69) is 5.32 Å². The van der Waals surface area contributed by atoms with Crippen molar-refractivity contribution in [1.82, 2.24) is 10.2 Å². The van der Waals surface area contributed by atoms with Crippen LogP contribution in [0.25, 0.3) is 0 Å². The smallest absolute Gasteiger partial charge is 0.316 e. The molecule has 0 saturated carbocycles. The normalized spacial score (nSPS) is 21.5. The Balaban J connectivity index is 2.24. The largest absolute Gasteiger partial charge is 0.325 e. The summed E-state index contributed by atoms with van der Waals surface area (Å²) in [4.78, 5) is 25.8. The first kappa shape index (κ1) is 13.6. The number of carbonyl (C=O) groups excluding carboxylic acids is 2. The van der Waals surface area contributed by atoms with Crippen LogP contribution in [-0.2, 0) is 10.3 Å². The first-order valence-electron chi connectivity index (χ1n) is 6.47. The Morgan fingerprint density at radius 1 is 0.952 bits per heavy atom. The molecular formula is C16H13ClN2O2. The number of rotatable bonds is 2. The molecule has 1 aliphatic rings. The van der Waals surface area contributed by atoms with Gasteiger partial charge in [0, 0.05) is 12.1 Å². The van der Waals surface area contributed by atoms with Crippen LogP contribution in [0.2, 0.25) is 5.02 Å². The molecule has 1 heterocycles. The number of benzene rings is 2. The molecule has 3 rings (SSSR count). The van der Waals surface area contributed by atoms with Crippen LogP contribution < -0.4 is 5.32 Å². The fourth-order valence-electron chi connectivity index (χ4n) is 2.59. The zero-order valence-corrected chi connectivity index (χ0v) is 12.1. The lowest BCUT2D eigenvalue weighted by atomic mass is 9.83. The molecule has 106 valence electrons. The minimum absolute atomic E-state index is 0.305. The highest BCUT2D eigenvalue weighted by molar-refractivity contribution is 6.30. The quantitative estimate of drug-likeness (QED) is 0.867. The summed E-state index contributed by atoms with van der Waals surface area (Å²) in [7, 11) is 1.47. The molecule has 4 nitrogen and oxygen atoms in total. The Kier molecular flexibility index (Phi) is 3.18. The van der Waals surface area contributed by atoms with Crippen LogP contribution >= 0.6 is 11.6 Å². The second-order valence-corrected chi connectivity index (χ2v) is 5.35. The van der Waals surface area contributed by atoms with E-state index >= 15 is 0 Å². The Hall–Kier alpha value is -2.33. The van der Waals surface area contributed by atoms with Crippen molar-refractivity contribution in [2.45, 2.75) is 5.54 Å². The van der Waals surface area contributed by atoms with E-state index in [9.17, 15) is 9.59 Å². The van der Waals surface area contributed by atoms with Crippen molar-refractivity contribution < 1.29 is 9.59 Å². The third kappa shape index (κ3) is 1.99. The number of halogens is 1. The van der Waals surface area contributed by atoms with E-state index in [-0.39, 0.29) is 5.91 Å². The summed E-state index contributed by atoms with van der Waals surface area (Å²) >= 11 is 5.92. The molecule has 0 radical (unpaired) electrons. The number of likely N-dealkylation sites (N-methyl/N-ethyl adjacent to an activating group) is 1. The van der Waals surface area contributed by atoms with Gasteiger partial charge in [-0.2, -0.15) is 0 Å². The van der Waals surface area contributed by atoms with Gasteiger partial charge in [-0.05, 0) is 23.3 Å². The van der Waals surface area contributed by atoms with E-state index in [1.54, 1.807) is 24.3 Å². The predicted molar refractivity (Wildman–Crippen MR) is 80.0 cm³/mol. The van der Waals surface area contributed by atoms with Crippen LogP contribution in [0.3, 0.4) is 0 Å². The molecule has 1 fully saturated rings. The number of urea groups is 1. The molecule has 0 aromatic heterocycles. The van der Waals surface area contributed by atoms with Crippen LogP contribution in [0, 0.1) is 0 Å². The molecule has 1 atom stereocenters. The second kappa shape index (κ2) is 4.90. The number of nitrogens with zero attached hydrogens (tertiary/aromatic N) is 1. The summed E-state index contributed by atoms with van der Waals surface area (Å²) in [5, 5.41) is 3.39. The average Bonchev–Trinajstić information content (AvgIpc) is 2.74. The molecule has 0 spiro atoms. The van der Waals surface area contributed by atoms with Gasteiger partial charge in [0.25, 0.3) is 5.91 Å². The molecule has 21 heavy (non-hydrogen) atoms. The van der Waals surface area contributed by atoms with E-state index in [0.29, 0.717) is 10.6 Å². The van der Waals surface area contributed by atoms with Gasteiger partial charge in [-0.15, -0.1) is 0 Å². The number of imide groups is 1. The van der Waals surface area contributed by atoms with Crippen molar-refractivity contribution in [2.24, 2.45) is 0 Å². The molecule has 5 heteroatoms. The number of hydrogen-bond donors (Lipinski definition) is 1. The minimum atomic E-state index is -1.20. The van der Waals surface area contributed by atoms with E-state index in [1.807, 2.05) is 30.3 Å². The van der Waals surface area contributed by atoms with Gasteiger partial charge in [0.05, 0.1) is 0 Å². The maximum absolute atomic E-state index is 12.7. The van der Waals surface area contributed by atoms with Crippen molar-refractivity contribution in [1.29, 1.82) is 0 Å². The fraction of sp³-hybridized carbons (Fsp3) is 0.125. The molecule has 3 amide bonds. The van der Waals surface area contributed by atoms with Gasteiger partial charge in [0.1, 0.15) is 0 Å².